The van der Waals surface area contributed by atoms with Crippen LogP contribution in [0.25, 0.3) is 10.9 Å². The largest absolute Gasteiger partial charge is 0.361 e. The minimum absolute atomic E-state index is 0.202. The number of nitrogens with zero attached hydrogens (tertiary/aromatic N) is 1. The molecule has 2 heterocycles. The lowest BCUT2D eigenvalue weighted by Crippen LogP contribution is -2.48. The number of H-pyrrole nitrogens is 1. The maximum Gasteiger partial charge on any atom is 0.0456 e. The van der Waals surface area contributed by atoms with Crippen LogP contribution in [0.4, 0.5) is 4.48 Å². The van der Waals surface area contributed by atoms with Gasteiger partial charge in [-0.3, -0.25) is 0 Å². The van der Waals surface area contributed by atoms with Crippen molar-refractivity contribution in [2.45, 2.75) is 12.5 Å². The van der Waals surface area contributed by atoms with Gasteiger partial charge in [-0.05, 0) is 18.1 Å². The Labute approximate surface area is 99.6 Å². The van der Waals surface area contributed by atoms with Crippen molar-refractivity contribution < 1.29 is 4.48 Å². The highest BCUT2D eigenvalue weighted by Crippen LogP contribution is 2.19. The Morgan fingerprint density at radius 1 is 1.35 bits per heavy atom. The third-order valence-corrected chi connectivity index (χ3v) is 3.35. The van der Waals surface area contributed by atoms with E-state index in [1.54, 1.807) is 0 Å². The first-order valence-corrected chi connectivity index (χ1v) is 6.02. The SMILES string of the molecule is FN1CCNC(Cc2c[nH]c3ccccc23)C1. The molecule has 17 heavy (non-hydrogen) atoms. The van der Waals surface area contributed by atoms with E-state index < -0.39 is 0 Å². The van der Waals surface area contributed by atoms with Gasteiger partial charge >= 0.3 is 0 Å². The lowest BCUT2D eigenvalue weighted by molar-refractivity contribution is -0.00284. The van der Waals surface area contributed by atoms with Crippen molar-refractivity contribution in [3.05, 3.63) is 36.0 Å². The number of hydrogen-bond acceptors (Lipinski definition) is 2. The monoisotopic (exact) mass is 233 g/mol. The average molecular weight is 233 g/mol. The number of aromatic amines is 1. The van der Waals surface area contributed by atoms with E-state index in [0.717, 1.165) is 23.6 Å². The Bertz CT molecular complexity index is 508. The van der Waals surface area contributed by atoms with Crippen molar-refractivity contribution in [3.63, 3.8) is 0 Å². The molecule has 90 valence electrons. The van der Waals surface area contributed by atoms with Crippen LogP contribution in [0.2, 0.25) is 0 Å². The molecule has 4 heteroatoms. The van der Waals surface area contributed by atoms with E-state index in [0.29, 0.717) is 13.1 Å². The van der Waals surface area contributed by atoms with Crippen molar-refractivity contribution in [1.29, 1.82) is 0 Å². The summed E-state index contributed by atoms with van der Waals surface area (Å²) in [6.07, 6.45) is 2.90. The summed E-state index contributed by atoms with van der Waals surface area (Å²) in [7, 11) is 0. The van der Waals surface area contributed by atoms with Crippen LogP contribution in [-0.4, -0.2) is 35.8 Å². The van der Waals surface area contributed by atoms with E-state index >= 15 is 0 Å². The lowest BCUT2D eigenvalue weighted by Gasteiger charge is -2.27. The van der Waals surface area contributed by atoms with Gasteiger partial charge in [-0.25, -0.2) is 0 Å². The minimum Gasteiger partial charge on any atom is -0.361 e. The zero-order valence-electron chi connectivity index (χ0n) is 9.62. The molecule has 1 aromatic heterocycles. The van der Waals surface area contributed by atoms with Gasteiger partial charge in [0.25, 0.3) is 0 Å². The molecular formula is C13H16FN3. The molecule has 1 atom stereocenters. The predicted octanol–water partition coefficient (Wildman–Crippen LogP) is 1.87. The van der Waals surface area contributed by atoms with E-state index in [-0.39, 0.29) is 6.04 Å². The molecule has 1 saturated heterocycles. The summed E-state index contributed by atoms with van der Waals surface area (Å²) in [4.78, 5) is 3.25. The normalized spacial score (nSPS) is 22.1. The van der Waals surface area contributed by atoms with Crippen LogP contribution in [0.15, 0.2) is 30.5 Å². The molecule has 1 aromatic carbocycles. The zero-order chi connectivity index (χ0) is 11.7. The Balaban J connectivity index is 1.80. The molecule has 3 nitrogen and oxygen atoms in total. The second-order valence-corrected chi connectivity index (χ2v) is 4.58. The van der Waals surface area contributed by atoms with Crippen LogP contribution < -0.4 is 5.32 Å². The molecule has 0 spiro atoms. The van der Waals surface area contributed by atoms with Gasteiger partial charge < -0.3 is 10.3 Å². The average Bonchev–Trinajstić information content (AvgIpc) is 2.73. The fraction of sp³-hybridized carbons (Fsp3) is 0.385. The summed E-state index contributed by atoms with van der Waals surface area (Å²) in [6.45, 7) is 1.69. The van der Waals surface area contributed by atoms with E-state index in [4.69, 9.17) is 0 Å². The van der Waals surface area contributed by atoms with Gasteiger partial charge in [-0.15, -0.1) is 9.60 Å². The summed E-state index contributed by atoms with van der Waals surface area (Å²) in [5.41, 5.74) is 2.41. The Morgan fingerprint density at radius 2 is 2.24 bits per heavy atom. The predicted molar refractivity (Wildman–Crippen MR) is 66.5 cm³/mol. The Morgan fingerprint density at radius 3 is 3.12 bits per heavy atom. The van der Waals surface area contributed by atoms with Crippen LogP contribution in [0.1, 0.15) is 5.56 Å². The molecule has 1 unspecified atom stereocenters. The summed E-state index contributed by atoms with van der Waals surface area (Å²) in [5, 5.41) is 5.50. The van der Waals surface area contributed by atoms with Gasteiger partial charge in [0, 0.05) is 42.8 Å². The smallest absolute Gasteiger partial charge is 0.0456 e. The van der Waals surface area contributed by atoms with Crippen molar-refractivity contribution in [2.24, 2.45) is 0 Å². The van der Waals surface area contributed by atoms with Gasteiger partial charge in [0.2, 0.25) is 0 Å². The number of rotatable bonds is 2. The molecule has 1 aliphatic heterocycles. The first-order chi connectivity index (χ1) is 8.33. The molecule has 1 aliphatic rings. The molecule has 0 saturated carbocycles. The molecule has 0 radical (unpaired) electrons. The maximum atomic E-state index is 13.2. The second kappa shape index (κ2) is 4.47. The highest BCUT2D eigenvalue weighted by atomic mass is 19.2. The molecule has 2 N–H and O–H groups in total. The first-order valence-electron chi connectivity index (χ1n) is 6.02. The standard InChI is InChI=1S/C13H16FN3/c14-17-6-5-15-11(9-17)7-10-8-16-13-4-2-1-3-12(10)13/h1-4,8,11,15-16H,5-7,9H2. The highest BCUT2D eigenvalue weighted by molar-refractivity contribution is 5.83. The number of para-hydroxylation sites is 1. The van der Waals surface area contributed by atoms with Crippen molar-refractivity contribution in [2.75, 3.05) is 19.6 Å². The number of aromatic nitrogens is 1. The van der Waals surface area contributed by atoms with E-state index in [9.17, 15) is 4.48 Å². The maximum absolute atomic E-state index is 13.2. The van der Waals surface area contributed by atoms with Crippen LogP contribution in [-0.2, 0) is 6.42 Å². The van der Waals surface area contributed by atoms with E-state index in [2.05, 4.69) is 22.4 Å². The summed E-state index contributed by atoms with van der Waals surface area (Å²) in [6, 6.07) is 8.43. The molecule has 0 bridgehead atoms. The van der Waals surface area contributed by atoms with Crippen LogP contribution >= 0.6 is 0 Å². The number of hydrogen-bond donors (Lipinski definition) is 2. The zero-order valence-corrected chi connectivity index (χ0v) is 9.62. The van der Waals surface area contributed by atoms with Gasteiger partial charge in [0.1, 0.15) is 0 Å². The quantitative estimate of drug-likeness (QED) is 0.776. The lowest BCUT2D eigenvalue weighted by atomic mass is 10.0. The third kappa shape index (κ3) is 2.18. The summed E-state index contributed by atoms with van der Waals surface area (Å²) < 4.78 is 13.2. The van der Waals surface area contributed by atoms with Gasteiger partial charge in [-0.2, -0.15) is 0 Å². The fourth-order valence-corrected chi connectivity index (χ4v) is 2.49. The summed E-state index contributed by atoms with van der Waals surface area (Å²) in [5.74, 6) is 0. The highest BCUT2D eigenvalue weighted by Gasteiger charge is 2.20. The van der Waals surface area contributed by atoms with Crippen molar-refractivity contribution in [1.82, 2.24) is 15.4 Å². The molecule has 3 rings (SSSR count). The van der Waals surface area contributed by atoms with Crippen molar-refractivity contribution >= 4 is 10.9 Å². The number of nitrogens with one attached hydrogen (secondary N) is 2. The van der Waals surface area contributed by atoms with Crippen LogP contribution in [0.3, 0.4) is 0 Å². The van der Waals surface area contributed by atoms with E-state index in [1.807, 2.05) is 18.3 Å². The Hall–Kier alpha value is -1.39. The van der Waals surface area contributed by atoms with E-state index in [1.165, 1.54) is 10.9 Å². The van der Waals surface area contributed by atoms with Gasteiger partial charge in [0.15, 0.2) is 0 Å². The van der Waals surface area contributed by atoms with Crippen LogP contribution in [0.5, 0.6) is 0 Å². The van der Waals surface area contributed by atoms with Crippen molar-refractivity contribution in [3.8, 4) is 0 Å². The number of benzene rings is 1. The topological polar surface area (TPSA) is 31.1 Å². The minimum atomic E-state index is 0.202. The number of fused-ring (bicyclic) bond motifs is 1. The molecule has 2 aromatic rings. The molecule has 0 aliphatic carbocycles. The molecule has 0 amide bonds. The molecular weight excluding hydrogens is 217 g/mol. The summed E-state index contributed by atoms with van der Waals surface area (Å²) >= 11 is 0. The molecule has 1 fully saturated rings. The third-order valence-electron chi connectivity index (χ3n) is 3.35. The second-order valence-electron chi connectivity index (χ2n) is 4.58. The fourth-order valence-electron chi connectivity index (χ4n) is 2.49. The Kier molecular flexibility index (Phi) is 2.82. The van der Waals surface area contributed by atoms with Gasteiger partial charge in [-0.1, -0.05) is 18.2 Å². The first kappa shape index (κ1) is 10.7. The number of halogens is 1. The van der Waals surface area contributed by atoms with Crippen LogP contribution in [0, 0.1) is 0 Å². The van der Waals surface area contributed by atoms with Gasteiger partial charge in [0.05, 0.1) is 0 Å². The number of piperazine rings is 1.